The van der Waals surface area contributed by atoms with E-state index in [9.17, 15) is 8.22 Å². The monoisotopic (exact) mass is 353 g/mol. The van der Waals surface area contributed by atoms with Crippen LogP contribution in [0.5, 0.6) is 0 Å². The summed E-state index contributed by atoms with van der Waals surface area (Å²) < 4.78 is 23.5. The summed E-state index contributed by atoms with van der Waals surface area (Å²) in [6.07, 6.45) is 0. The SMILES string of the molecule is C[N-]C.C[N-]C.C[N-]C.F[SiH](F)[c-]1cccc1.[Zr+4]. The first-order chi connectivity index (χ1) is 8.05. The van der Waals surface area contributed by atoms with Gasteiger partial charge in [0.05, 0.1) is 0 Å². The smallest absolute Gasteiger partial charge is 0.668 e. The maximum atomic E-state index is 11.7. The summed E-state index contributed by atoms with van der Waals surface area (Å²) in [5, 5.41) is 10.7. The molecule has 0 atom stereocenters. The van der Waals surface area contributed by atoms with Crippen LogP contribution in [-0.2, 0) is 26.2 Å². The quantitative estimate of drug-likeness (QED) is 0.423. The minimum atomic E-state index is -3.48. The molecular formula is C11H23F2N3SiZr. The molecular weight excluding hydrogens is 331 g/mol. The molecule has 1 aromatic carbocycles. The third-order valence-corrected chi connectivity index (χ3v) is 1.83. The fraction of sp³-hybridized carbons (Fsp3) is 0.545. The van der Waals surface area contributed by atoms with Crippen molar-refractivity contribution in [3.05, 3.63) is 40.2 Å². The molecule has 3 nitrogen and oxygen atoms in total. The molecule has 0 spiro atoms. The van der Waals surface area contributed by atoms with Crippen molar-refractivity contribution in [3.63, 3.8) is 0 Å². The zero-order chi connectivity index (χ0) is 14.1. The van der Waals surface area contributed by atoms with Crippen LogP contribution in [0.4, 0.5) is 8.22 Å². The van der Waals surface area contributed by atoms with Gasteiger partial charge in [0, 0.05) is 0 Å². The topological polar surface area (TPSA) is 42.3 Å². The number of halogens is 2. The van der Waals surface area contributed by atoms with Gasteiger partial charge in [-0.3, -0.25) is 8.22 Å². The van der Waals surface area contributed by atoms with Gasteiger partial charge in [-0.1, -0.05) is 0 Å². The van der Waals surface area contributed by atoms with Crippen LogP contribution in [0.15, 0.2) is 24.3 Å². The molecule has 0 N–H and O–H groups in total. The first-order valence-electron chi connectivity index (χ1n) is 4.99. The van der Waals surface area contributed by atoms with Gasteiger partial charge in [-0.2, -0.15) is 54.4 Å². The van der Waals surface area contributed by atoms with E-state index in [0.29, 0.717) is 0 Å². The normalized spacial score (nSPS) is 7.61. The molecule has 0 radical (unpaired) electrons. The Morgan fingerprint density at radius 1 is 0.778 bits per heavy atom. The summed E-state index contributed by atoms with van der Waals surface area (Å²) in [7, 11) is 7.02. The molecule has 0 amide bonds. The van der Waals surface area contributed by atoms with Gasteiger partial charge >= 0.3 is 35.7 Å². The minimum Gasteiger partial charge on any atom is -0.668 e. The van der Waals surface area contributed by atoms with Crippen molar-refractivity contribution in [1.82, 2.24) is 0 Å². The molecule has 0 aliphatic heterocycles. The Morgan fingerprint density at radius 3 is 1.11 bits per heavy atom. The average Bonchev–Trinajstić information content (AvgIpc) is 2.73. The van der Waals surface area contributed by atoms with Crippen molar-refractivity contribution in [2.45, 2.75) is 0 Å². The van der Waals surface area contributed by atoms with E-state index in [1.807, 2.05) is 0 Å². The van der Waals surface area contributed by atoms with E-state index in [4.69, 9.17) is 0 Å². The maximum Gasteiger partial charge on any atom is 4.00 e. The zero-order valence-electron chi connectivity index (χ0n) is 12.0. The van der Waals surface area contributed by atoms with Crippen molar-refractivity contribution in [3.8, 4) is 0 Å². The second kappa shape index (κ2) is 25.9. The molecule has 0 saturated carbocycles. The second-order valence-corrected chi connectivity index (χ2v) is 4.13. The Kier molecular flexibility index (Phi) is 38.4. The summed E-state index contributed by atoms with van der Waals surface area (Å²) >= 11 is 0. The summed E-state index contributed by atoms with van der Waals surface area (Å²) in [5.74, 6) is 0. The van der Waals surface area contributed by atoms with Crippen LogP contribution in [0.1, 0.15) is 0 Å². The van der Waals surface area contributed by atoms with Crippen molar-refractivity contribution in [1.29, 1.82) is 0 Å². The van der Waals surface area contributed by atoms with E-state index in [1.165, 1.54) is 12.1 Å². The molecule has 0 saturated heterocycles. The number of hydrogen-bond donors (Lipinski definition) is 0. The van der Waals surface area contributed by atoms with Crippen LogP contribution in [0.3, 0.4) is 0 Å². The summed E-state index contributed by atoms with van der Waals surface area (Å²) in [6, 6.07) is 6.21. The van der Waals surface area contributed by atoms with Crippen molar-refractivity contribution in [2.75, 3.05) is 42.3 Å². The molecule has 0 aliphatic carbocycles. The maximum absolute atomic E-state index is 11.7. The summed E-state index contributed by atoms with van der Waals surface area (Å²) in [6.45, 7) is 0. The van der Waals surface area contributed by atoms with Gasteiger partial charge in [0.1, 0.15) is 0 Å². The first kappa shape index (κ1) is 26.7. The fourth-order valence-electron chi connectivity index (χ4n) is 0.534. The van der Waals surface area contributed by atoms with E-state index >= 15 is 0 Å². The fourth-order valence-corrected chi connectivity index (χ4v) is 1.05. The van der Waals surface area contributed by atoms with Crippen LogP contribution in [-0.4, -0.2) is 51.8 Å². The van der Waals surface area contributed by atoms with Crippen LogP contribution < -0.4 is 5.19 Å². The summed E-state index contributed by atoms with van der Waals surface area (Å²) in [5.41, 5.74) is 0. The van der Waals surface area contributed by atoms with Gasteiger partial charge in [0.25, 0.3) is 0 Å². The average molecular weight is 355 g/mol. The minimum absolute atomic E-state index is 0. The number of hydrogen-bond acceptors (Lipinski definition) is 0. The van der Waals surface area contributed by atoms with E-state index in [1.54, 1.807) is 54.4 Å². The molecule has 0 aromatic heterocycles. The van der Waals surface area contributed by atoms with Gasteiger partial charge in [-0.25, -0.2) is 12.1 Å². The third-order valence-electron chi connectivity index (χ3n) is 0.940. The van der Waals surface area contributed by atoms with Gasteiger partial charge in [0.2, 0.25) is 0 Å². The molecule has 1 rings (SSSR count). The van der Waals surface area contributed by atoms with Gasteiger partial charge in [-0.15, -0.1) is 5.19 Å². The van der Waals surface area contributed by atoms with Crippen LogP contribution >= 0.6 is 0 Å². The van der Waals surface area contributed by atoms with Crippen molar-refractivity contribution < 1.29 is 34.4 Å². The predicted octanol–water partition coefficient (Wildman–Crippen LogP) is 2.63. The zero-order valence-corrected chi connectivity index (χ0v) is 15.6. The molecule has 0 aliphatic rings. The van der Waals surface area contributed by atoms with Crippen LogP contribution in [0.25, 0.3) is 16.0 Å². The van der Waals surface area contributed by atoms with Gasteiger partial charge in [-0.05, 0) is 0 Å². The molecule has 0 fully saturated rings. The van der Waals surface area contributed by atoms with E-state index in [0.717, 1.165) is 0 Å². The molecule has 18 heavy (non-hydrogen) atoms. The van der Waals surface area contributed by atoms with Gasteiger partial charge < -0.3 is 16.0 Å². The summed E-state index contributed by atoms with van der Waals surface area (Å²) in [4.78, 5) is 0. The van der Waals surface area contributed by atoms with Crippen LogP contribution in [0, 0.1) is 0 Å². The third kappa shape index (κ3) is 29.8. The van der Waals surface area contributed by atoms with E-state index in [-0.39, 0.29) is 31.4 Å². The second-order valence-electron chi connectivity index (χ2n) is 2.86. The van der Waals surface area contributed by atoms with Crippen molar-refractivity contribution in [2.24, 2.45) is 0 Å². The number of nitrogens with zero attached hydrogens (tertiary/aromatic N) is 3. The predicted molar refractivity (Wildman–Crippen MR) is 76.7 cm³/mol. The number of rotatable bonds is 1. The first-order valence-corrected chi connectivity index (χ1v) is 6.44. The van der Waals surface area contributed by atoms with Gasteiger partial charge in [0.15, 0.2) is 0 Å². The van der Waals surface area contributed by atoms with E-state index < -0.39 is 9.46 Å². The molecule has 7 heteroatoms. The molecule has 0 bridgehead atoms. The Balaban J connectivity index is -0.0000000840. The molecule has 0 heterocycles. The molecule has 0 unspecified atom stereocenters. The Bertz CT molecular complexity index is 195. The van der Waals surface area contributed by atoms with Crippen LogP contribution in [0.2, 0.25) is 0 Å². The van der Waals surface area contributed by atoms with E-state index in [2.05, 4.69) is 16.0 Å². The Morgan fingerprint density at radius 2 is 1.00 bits per heavy atom. The largest absolute Gasteiger partial charge is 4.00 e. The standard InChI is InChI=1S/C5H5F2Si.3C2H6N.Zr/c6-8(7)5-3-1-2-4-5;3*1-3-2;/h1-4,8H;3*1-2H3;/q4*-1;+4. The Hall–Kier alpha value is 0.190. The van der Waals surface area contributed by atoms with Crippen molar-refractivity contribution >= 4 is 14.7 Å². The molecule has 1 aromatic rings. The molecule has 104 valence electrons. The Labute approximate surface area is 131 Å².